The van der Waals surface area contributed by atoms with Crippen LogP contribution in [0.5, 0.6) is 0 Å². The third kappa shape index (κ3) is 2.06. The van der Waals surface area contributed by atoms with Crippen molar-refractivity contribution in [2.45, 2.75) is 31.5 Å². The third-order valence-electron chi connectivity index (χ3n) is 4.04. The van der Waals surface area contributed by atoms with Gasteiger partial charge in [-0.2, -0.15) is 11.3 Å². The molecular weight excluding hydrogens is 248 g/mol. The van der Waals surface area contributed by atoms with Crippen LogP contribution in [0.1, 0.15) is 18.4 Å². The van der Waals surface area contributed by atoms with Crippen molar-refractivity contribution >= 4 is 17.2 Å². The molecule has 0 radical (unpaired) electrons. The van der Waals surface area contributed by atoms with Crippen LogP contribution in [0.3, 0.4) is 0 Å². The minimum Gasteiger partial charge on any atom is -0.395 e. The molecule has 4 nitrogen and oxygen atoms in total. The molecule has 3 heterocycles. The number of likely N-dealkylation sites (tertiary alicyclic amines) is 2. The fraction of sp³-hybridized carbons (Fsp3) is 0.615. The number of aliphatic hydroxyl groups is 1. The molecular formula is C13H18N2O2S. The van der Waals surface area contributed by atoms with E-state index < -0.39 is 0 Å². The second kappa shape index (κ2) is 4.99. The van der Waals surface area contributed by atoms with Gasteiger partial charge < -0.3 is 10.0 Å². The Morgan fingerprint density at radius 1 is 1.44 bits per heavy atom. The first-order chi connectivity index (χ1) is 8.79. The molecule has 0 aliphatic carbocycles. The Balaban J connectivity index is 1.69. The number of nitrogens with zero attached hydrogens (tertiary/aromatic N) is 2. The van der Waals surface area contributed by atoms with Crippen LogP contribution >= 0.6 is 11.3 Å². The second-order valence-corrected chi connectivity index (χ2v) is 5.82. The molecule has 0 aromatic carbocycles. The maximum absolute atomic E-state index is 11.9. The lowest BCUT2D eigenvalue weighted by Crippen LogP contribution is -2.38. The zero-order valence-corrected chi connectivity index (χ0v) is 11.1. The molecule has 2 saturated heterocycles. The summed E-state index contributed by atoms with van der Waals surface area (Å²) >= 11 is 1.72. The van der Waals surface area contributed by atoms with Crippen molar-refractivity contribution in [1.82, 2.24) is 9.80 Å². The summed E-state index contributed by atoms with van der Waals surface area (Å²) in [6, 6.07) is 2.83. The van der Waals surface area contributed by atoms with Crippen LogP contribution in [-0.2, 0) is 11.3 Å². The molecule has 3 rings (SSSR count). The molecule has 5 heteroatoms. The molecule has 0 saturated carbocycles. The number of hydrogen-bond acceptors (Lipinski definition) is 4. The summed E-state index contributed by atoms with van der Waals surface area (Å²) in [5.41, 5.74) is 1.34. The number of aliphatic hydroxyl groups excluding tert-OH is 1. The van der Waals surface area contributed by atoms with Crippen molar-refractivity contribution in [3.05, 3.63) is 22.4 Å². The SMILES string of the molecule is O=C1C[C@@H]2[C@@H](CCN2Cc2ccsc2)N1CCO. The van der Waals surface area contributed by atoms with Crippen molar-refractivity contribution in [1.29, 1.82) is 0 Å². The molecule has 0 bridgehead atoms. The highest BCUT2D eigenvalue weighted by molar-refractivity contribution is 7.07. The van der Waals surface area contributed by atoms with E-state index in [-0.39, 0.29) is 12.5 Å². The molecule has 18 heavy (non-hydrogen) atoms. The highest BCUT2D eigenvalue weighted by atomic mass is 32.1. The van der Waals surface area contributed by atoms with E-state index in [0.717, 1.165) is 19.5 Å². The van der Waals surface area contributed by atoms with Crippen LogP contribution in [0, 0.1) is 0 Å². The average Bonchev–Trinajstić information content (AvgIpc) is 3.03. The Bertz CT molecular complexity index is 421. The van der Waals surface area contributed by atoms with E-state index in [1.54, 1.807) is 11.3 Å². The van der Waals surface area contributed by atoms with E-state index in [0.29, 0.717) is 25.0 Å². The van der Waals surface area contributed by atoms with E-state index in [2.05, 4.69) is 21.7 Å². The largest absolute Gasteiger partial charge is 0.395 e. The first-order valence-corrected chi connectivity index (χ1v) is 7.39. The molecule has 0 spiro atoms. The lowest BCUT2D eigenvalue weighted by Gasteiger charge is -2.24. The van der Waals surface area contributed by atoms with E-state index in [1.807, 2.05) is 4.90 Å². The minimum absolute atomic E-state index is 0.0689. The van der Waals surface area contributed by atoms with E-state index in [4.69, 9.17) is 5.11 Å². The number of carbonyl (C=O) groups excluding carboxylic acids is 1. The summed E-state index contributed by atoms with van der Waals surface area (Å²) in [6.45, 7) is 2.57. The average molecular weight is 266 g/mol. The zero-order valence-electron chi connectivity index (χ0n) is 10.3. The van der Waals surface area contributed by atoms with Gasteiger partial charge in [-0.15, -0.1) is 0 Å². The van der Waals surface area contributed by atoms with Crippen LogP contribution < -0.4 is 0 Å². The predicted octanol–water partition coefficient (Wildman–Crippen LogP) is 0.916. The Morgan fingerprint density at radius 3 is 3.06 bits per heavy atom. The molecule has 2 fully saturated rings. The highest BCUT2D eigenvalue weighted by Gasteiger charge is 2.46. The van der Waals surface area contributed by atoms with Gasteiger partial charge in [-0.1, -0.05) is 0 Å². The van der Waals surface area contributed by atoms with Gasteiger partial charge in [0.25, 0.3) is 0 Å². The minimum atomic E-state index is 0.0689. The van der Waals surface area contributed by atoms with Crippen molar-refractivity contribution in [3.8, 4) is 0 Å². The third-order valence-corrected chi connectivity index (χ3v) is 4.77. The fourth-order valence-electron chi connectivity index (χ4n) is 3.22. The second-order valence-electron chi connectivity index (χ2n) is 5.04. The van der Waals surface area contributed by atoms with Gasteiger partial charge in [0.15, 0.2) is 0 Å². The molecule has 1 N–H and O–H groups in total. The lowest BCUT2D eigenvalue weighted by molar-refractivity contribution is -0.129. The van der Waals surface area contributed by atoms with Crippen molar-refractivity contribution in [3.63, 3.8) is 0 Å². The first kappa shape index (κ1) is 12.1. The summed E-state index contributed by atoms with van der Waals surface area (Å²) in [4.78, 5) is 16.2. The summed E-state index contributed by atoms with van der Waals surface area (Å²) in [7, 11) is 0. The van der Waals surface area contributed by atoms with Crippen molar-refractivity contribution in [2.75, 3.05) is 19.7 Å². The highest BCUT2D eigenvalue weighted by Crippen LogP contribution is 2.33. The first-order valence-electron chi connectivity index (χ1n) is 6.45. The van der Waals surface area contributed by atoms with Gasteiger partial charge in [0, 0.05) is 38.1 Å². The van der Waals surface area contributed by atoms with Gasteiger partial charge in [-0.05, 0) is 28.8 Å². The van der Waals surface area contributed by atoms with E-state index >= 15 is 0 Å². The Kier molecular flexibility index (Phi) is 3.37. The number of hydrogen-bond donors (Lipinski definition) is 1. The Morgan fingerprint density at radius 2 is 2.33 bits per heavy atom. The van der Waals surface area contributed by atoms with Gasteiger partial charge in [0.2, 0.25) is 5.91 Å². The molecule has 2 aliphatic rings. The molecule has 98 valence electrons. The normalized spacial score (nSPS) is 28.1. The van der Waals surface area contributed by atoms with E-state index in [9.17, 15) is 4.79 Å². The standard InChI is InChI=1S/C13H18N2O2S/c16-5-4-15-11-1-3-14(12(11)7-13(15)17)8-10-2-6-18-9-10/h2,6,9,11-12,16H,1,3-5,7-8H2/t11-,12-/m1/s1. The molecule has 2 aliphatic heterocycles. The molecule has 2 atom stereocenters. The van der Waals surface area contributed by atoms with Crippen LogP contribution in [0.2, 0.25) is 0 Å². The summed E-state index contributed by atoms with van der Waals surface area (Å²) in [6.07, 6.45) is 1.66. The summed E-state index contributed by atoms with van der Waals surface area (Å²) in [5, 5.41) is 13.3. The van der Waals surface area contributed by atoms with Crippen LogP contribution in [-0.4, -0.2) is 52.6 Å². The maximum atomic E-state index is 11.9. The molecule has 1 aromatic rings. The quantitative estimate of drug-likeness (QED) is 0.881. The van der Waals surface area contributed by atoms with Gasteiger partial charge in [0.05, 0.1) is 6.61 Å². The van der Waals surface area contributed by atoms with Crippen LogP contribution in [0.15, 0.2) is 16.8 Å². The monoisotopic (exact) mass is 266 g/mol. The zero-order chi connectivity index (χ0) is 12.5. The van der Waals surface area contributed by atoms with Crippen molar-refractivity contribution in [2.24, 2.45) is 0 Å². The van der Waals surface area contributed by atoms with Gasteiger partial charge >= 0.3 is 0 Å². The molecule has 0 unspecified atom stereocenters. The van der Waals surface area contributed by atoms with Crippen molar-refractivity contribution < 1.29 is 9.90 Å². The lowest BCUT2D eigenvalue weighted by atomic mass is 10.1. The number of fused-ring (bicyclic) bond motifs is 1. The molecule has 1 amide bonds. The Labute approximate surface area is 111 Å². The van der Waals surface area contributed by atoms with Gasteiger partial charge in [-0.25, -0.2) is 0 Å². The molecule has 1 aromatic heterocycles. The predicted molar refractivity (Wildman–Crippen MR) is 70.3 cm³/mol. The fourth-order valence-corrected chi connectivity index (χ4v) is 3.88. The number of rotatable bonds is 4. The summed E-state index contributed by atoms with van der Waals surface area (Å²) < 4.78 is 0. The van der Waals surface area contributed by atoms with Gasteiger partial charge in [0.1, 0.15) is 0 Å². The van der Waals surface area contributed by atoms with E-state index in [1.165, 1.54) is 5.56 Å². The summed E-state index contributed by atoms with van der Waals surface area (Å²) in [5.74, 6) is 0.203. The smallest absolute Gasteiger partial charge is 0.224 e. The van der Waals surface area contributed by atoms with Gasteiger partial charge in [-0.3, -0.25) is 9.69 Å². The number of amides is 1. The maximum Gasteiger partial charge on any atom is 0.224 e. The van der Waals surface area contributed by atoms with Crippen LogP contribution in [0.25, 0.3) is 0 Å². The van der Waals surface area contributed by atoms with Crippen LogP contribution in [0.4, 0.5) is 0 Å². The topological polar surface area (TPSA) is 43.8 Å². The number of β-amino-alcohol motifs (C(OH)–C–C–N with tert-alkyl or cyclic N) is 1. The number of thiophene rings is 1. The Hall–Kier alpha value is -0.910. The number of carbonyl (C=O) groups is 1.